The molecule has 0 saturated heterocycles. The Morgan fingerprint density at radius 1 is 0.967 bits per heavy atom. The number of carbonyl (C=O) groups excluding carboxylic acids is 3. The van der Waals surface area contributed by atoms with Crippen LogP contribution in [0.5, 0.6) is 0 Å². The molecule has 2 amide bonds. The normalized spacial score (nSPS) is 10.3. The van der Waals surface area contributed by atoms with E-state index < -0.39 is 5.97 Å². The van der Waals surface area contributed by atoms with Crippen molar-refractivity contribution in [2.24, 2.45) is 0 Å². The van der Waals surface area contributed by atoms with Gasteiger partial charge in [0.2, 0.25) is 0 Å². The number of ether oxygens (including phenoxy) is 1. The van der Waals surface area contributed by atoms with Crippen molar-refractivity contribution < 1.29 is 19.1 Å². The molecular weight excluding hydrogens is 400 g/mol. The van der Waals surface area contributed by atoms with E-state index in [9.17, 15) is 14.4 Å². The van der Waals surface area contributed by atoms with Gasteiger partial charge >= 0.3 is 5.97 Å². The zero-order valence-electron chi connectivity index (χ0n) is 16.5. The van der Waals surface area contributed by atoms with Gasteiger partial charge in [-0.05, 0) is 60.2 Å². The average molecular weight is 423 g/mol. The van der Waals surface area contributed by atoms with E-state index in [2.05, 4.69) is 10.6 Å². The molecule has 0 aliphatic rings. The summed E-state index contributed by atoms with van der Waals surface area (Å²) in [5.41, 5.74) is 3.21. The summed E-state index contributed by atoms with van der Waals surface area (Å²) in [6.07, 6.45) is 0.713. The Morgan fingerprint density at radius 3 is 2.43 bits per heavy atom. The summed E-state index contributed by atoms with van der Waals surface area (Å²) in [6.45, 7) is 2.15. The number of carbonyl (C=O) groups is 3. The Balaban J connectivity index is 1.41. The number of hydrogen-bond acceptors (Lipinski definition) is 5. The molecule has 6 nitrogen and oxygen atoms in total. The van der Waals surface area contributed by atoms with Crippen LogP contribution in [-0.4, -0.2) is 30.9 Å². The number of esters is 1. The third-order valence-corrected chi connectivity index (χ3v) is 5.30. The van der Waals surface area contributed by atoms with Crippen molar-refractivity contribution in [1.82, 2.24) is 5.32 Å². The highest BCUT2D eigenvalue weighted by Gasteiger charge is 2.11. The lowest BCUT2D eigenvalue weighted by Gasteiger charge is -2.09. The van der Waals surface area contributed by atoms with Crippen LogP contribution >= 0.6 is 11.3 Å². The standard InChI is InChI=1S/C23H22N2O4S/c1-16-5-2-3-6-17(16)12-13-24-21(26)15-29-23(28)18-8-10-19(11-9-18)25-22(27)20-7-4-14-30-20/h2-11,14H,12-13,15H2,1H3,(H,24,26)(H,25,27). The van der Waals surface area contributed by atoms with E-state index in [1.807, 2.05) is 36.6 Å². The fourth-order valence-electron chi connectivity index (χ4n) is 2.78. The molecule has 0 aliphatic heterocycles. The van der Waals surface area contributed by atoms with Crippen LogP contribution in [0.25, 0.3) is 0 Å². The first-order chi connectivity index (χ1) is 14.5. The Morgan fingerprint density at radius 2 is 1.73 bits per heavy atom. The highest BCUT2D eigenvalue weighted by atomic mass is 32.1. The minimum absolute atomic E-state index is 0.206. The van der Waals surface area contributed by atoms with Gasteiger partial charge in [0.05, 0.1) is 10.4 Å². The van der Waals surface area contributed by atoms with Crippen LogP contribution in [0.15, 0.2) is 66.0 Å². The van der Waals surface area contributed by atoms with Crippen molar-refractivity contribution in [2.45, 2.75) is 13.3 Å². The van der Waals surface area contributed by atoms with E-state index in [4.69, 9.17) is 4.74 Å². The maximum atomic E-state index is 12.1. The number of amides is 2. The van der Waals surface area contributed by atoms with E-state index in [1.165, 1.54) is 22.5 Å². The van der Waals surface area contributed by atoms with Crippen molar-refractivity contribution in [2.75, 3.05) is 18.5 Å². The van der Waals surface area contributed by atoms with Crippen LogP contribution in [0.3, 0.4) is 0 Å². The van der Waals surface area contributed by atoms with Crippen molar-refractivity contribution in [3.63, 3.8) is 0 Å². The quantitative estimate of drug-likeness (QED) is 0.541. The predicted molar refractivity (Wildman–Crippen MR) is 117 cm³/mol. The molecule has 30 heavy (non-hydrogen) atoms. The molecule has 1 heterocycles. The third-order valence-electron chi connectivity index (χ3n) is 4.44. The molecule has 2 aromatic carbocycles. The Hall–Kier alpha value is -3.45. The summed E-state index contributed by atoms with van der Waals surface area (Å²) in [5, 5.41) is 7.33. The van der Waals surface area contributed by atoms with Gasteiger partial charge in [0.25, 0.3) is 11.8 Å². The molecule has 0 saturated carbocycles. The van der Waals surface area contributed by atoms with Crippen LogP contribution < -0.4 is 10.6 Å². The van der Waals surface area contributed by atoms with Crippen LogP contribution in [0.2, 0.25) is 0 Å². The molecule has 0 atom stereocenters. The van der Waals surface area contributed by atoms with Gasteiger partial charge in [-0.1, -0.05) is 30.3 Å². The summed E-state index contributed by atoms with van der Waals surface area (Å²) >= 11 is 1.35. The monoisotopic (exact) mass is 422 g/mol. The SMILES string of the molecule is Cc1ccccc1CCNC(=O)COC(=O)c1ccc(NC(=O)c2cccs2)cc1. The summed E-state index contributed by atoms with van der Waals surface area (Å²) in [6, 6.07) is 17.8. The molecule has 2 N–H and O–H groups in total. The van der Waals surface area contributed by atoms with Gasteiger partial charge in [0, 0.05) is 12.2 Å². The number of benzene rings is 2. The van der Waals surface area contributed by atoms with Gasteiger partial charge in [-0.15, -0.1) is 11.3 Å². The maximum Gasteiger partial charge on any atom is 0.338 e. The molecule has 1 aromatic heterocycles. The highest BCUT2D eigenvalue weighted by Crippen LogP contribution is 2.14. The highest BCUT2D eigenvalue weighted by molar-refractivity contribution is 7.12. The zero-order chi connectivity index (χ0) is 21.3. The third kappa shape index (κ3) is 6.02. The van der Waals surface area contributed by atoms with Gasteiger partial charge in [-0.2, -0.15) is 0 Å². The van der Waals surface area contributed by atoms with E-state index in [1.54, 1.807) is 36.4 Å². The first-order valence-corrected chi connectivity index (χ1v) is 10.3. The summed E-state index contributed by atoms with van der Waals surface area (Å²) in [5.74, 6) is -1.15. The summed E-state index contributed by atoms with van der Waals surface area (Å²) in [7, 11) is 0. The molecule has 0 unspecified atom stereocenters. The molecule has 7 heteroatoms. The molecule has 3 rings (SSSR count). The molecule has 3 aromatic rings. The minimum Gasteiger partial charge on any atom is -0.452 e. The van der Waals surface area contributed by atoms with Crippen LogP contribution in [0.1, 0.15) is 31.2 Å². The van der Waals surface area contributed by atoms with Crippen molar-refractivity contribution in [3.05, 3.63) is 87.6 Å². The van der Waals surface area contributed by atoms with Gasteiger partial charge < -0.3 is 15.4 Å². The number of anilines is 1. The lowest BCUT2D eigenvalue weighted by molar-refractivity contribution is -0.124. The second-order valence-electron chi connectivity index (χ2n) is 6.61. The molecule has 0 aliphatic carbocycles. The smallest absolute Gasteiger partial charge is 0.338 e. The van der Waals surface area contributed by atoms with Crippen LogP contribution in [-0.2, 0) is 16.0 Å². The number of hydrogen-bond donors (Lipinski definition) is 2. The molecule has 0 spiro atoms. The predicted octanol–water partition coefficient (Wildman–Crippen LogP) is 3.82. The van der Waals surface area contributed by atoms with E-state index in [-0.39, 0.29) is 18.4 Å². The fourth-order valence-corrected chi connectivity index (χ4v) is 3.40. The average Bonchev–Trinajstić information content (AvgIpc) is 3.29. The number of thiophene rings is 1. The first-order valence-electron chi connectivity index (χ1n) is 9.46. The lowest BCUT2D eigenvalue weighted by atomic mass is 10.1. The van der Waals surface area contributed by atoms with Gasteiger partial charge in [-0.3, -0.25) is 9.59 Å². The zero-order valence-corrected chi connectivity index (χ0v) is 17.3. The van der Waals surface area contributed by atoms with E-state index in [0.717, 1.165) is 0 Å². The van der Waals surface area contributed by atoms with E-state index in [0.29, 0.717) is 29.1 Å². The van der Waals surface area contributed by atoms with Gasteiger partial charge in [-0.25, -0.2) is 4.79 Å². The molecule has 0 radical (unpaired) electrons. The molecular formula is C23H22N2O4S. The molecule has 154 valence electrons. The number of nitrogens with one attached hydrogen (secondary N) is 2. The second kappa shape index (κ2) is 10.4. The minimum atomic E-state index is -0.597. The van der Waals surface area contributed by atoms with Crippen molar-refractivity contribution in [1.29, 1.82) is 0 Å². The fraction of sp³-hybridized carbons (Fsp3) is 0.174. The van der Waals surface area contributed by atoms with Crippen LogP contribution in [0.4, 0.5) is 5.69 Å². The van der Waals surface area contributed by atoms with Gasteiger partial charge in [0.1, 0.15) is 0 Å². The second-order valence-corrected chi connectivity index (χ2v) is 7.56. The van der Waals surface area contributed by atoms with Gasteiger partial charge in [0.15, 0.2) is 6.61 Å². The number of rotatable bonds is 8. The summed E-state index contributed by atoms with van der Waals surface area (Å²) in [4.78, 5) is 36.7. The first kappa shape index (κ1) is 21.3. The summed E-state index contributed by atoms with van der Waals surface area (Å²) < 4.78 is 5.06. The van der Waals surface area contributed by atoms with Crippen LogP contribution in [0, 0.1) is 6.92 Å². The van der Waals surface area contributed by atoms with Crippen molar-refractivity contribution >= 4 is 34.8 Å². The lowest BCUT2D eigenvalue weighted by Crippen LogP contribution is -2.30. The molecule has 0 fully saturated rings. The topological polar surface area (TPSA) is 84.5 Å². The Kier molecular flexibility index (Phi) is 7.34. The maximum absolute atomic E-state index is 12.1. The Labute approximate surface area is 178 Å². The largest absolute Gasteiger partial charge is 0.452 e. The molecule has 0 bridgehead atoms. The Bertz CT molecular complexity index is 1010. The van der Waals surface area contributed by atoms with Crippen molar-refractivity contribution in [3.8, 4) is 0 Å². The number of aryl methyl sites for hydroxylation is 1. The van der Waals surface area contributed by atoms with E-state index >= 15 is 0 Å².